The van der Waals surface area contributed by atoms with Gasteiger partial charge in [-0.3, -0.25) is 4.79 Å². The predicted octanol–water partition coefficient (Wildman–Crippen LogP) is 1.37. The molecule has 0 radical (unpaired) electrons. The first-order valence-corrected chi connectivity index (χ1v) is 6.02. The van der Waals surface area contributed by atoms with Crippen LogP contribution in [0.4, 0.5) is 11.6 Å². The van der Waals surface area contributed by atoms with Gasteiger partial charge in [0, 0.05) is 24.6 Å². The fourth-order valence-electron chi connectivity index (χ4n) is 2.16. The van der Waals surface area contributed by atoms with E-state index in [0.29, 0.717) is 41.5 Å². The first kappa shape index (κ1) is 12.5. The molecular formula is C12H17N5O. The minimum atomic E-state index is 0.218. The SMILES string of the molecule is CC(=N)c1c(N)ncnc1NC1CCC(=O)CC1. The Hall–Kier alpha value is -1.98. The molecule has 0 aliphatic heterocycles. The minimum Gasteiger partial charge on any atom is -0.383 e. The predicted molar refractivity (Wildman–Crippen MR) is 69.8 cm³/mol. The zero-order chi connectivity index (χ0) is 13.1. The van der Waals surface area contributed by atoms with Crippen molar-refractivity contribution in [1.29, 1.82) is 5.41 Å². The number of carbonyl (C=O) groups excluding carboxylic acids is 1. The quantitative estimate of drug-likeness (QED) is 0.700. The molecule has 0 saturated heterocycles. The number of aromatic nitrogens is 2. The second-order valence-electron chi connectivity index (χ2n) is 4.56. The van der Waals surface area contributed by atoms with Gasteiger partial charge in [-0.1, -0.05) is 0 Å². The molecule has 2 rings (SSSR count). The Morgan fingerprint density at radius 3 is 2.72 bits per heavy atom. The number of Topliss-reactive ketones (excluding diaryl/α,β-unsaturated/α-hetero) is 1. The molecule has 1 saturated carbocycles. The molecule has 0 amide bonds. The van der Waals surface area contributed by atoms with Gasteiger partial charge in [0.2, 0.25) is 0 Å². The van der Waals surface area contributed by atoms with E-state index in [2.05, 4.69) is 15.3 Å². The lowest BCUT2D eigenvalue weighted by molar-refractivity contribution is -0.120. The summed E-state index contributed by atoms with van der Waals surface area (Å²) in [5.41, 5.74) is 6.65. The lowest BCUT2D eigenvalue weighted by Gasteiger charge is -2.23. The van der Waals surface area contributed by atoms with Crippen LogP contribution in [0, 0.1) is 5.41 Å². The van der Waals surface area contributed by atoms with E-state index >= 15 is 0 Å². The van der Waals surface area contributed by atoms with Gasteiger partial charge >= 0.3 is 0 Å². The van der Waals surface area contributed by atoms with Crippen LogP contribution in [0.25, 0.3) is 0 Å². The van der Waals surface area contributed by atoms with E-state index in [4.69, 9.17) is 11.1 Å². The van der Waals surface area contributed by atoms with Gasteiger partial charge in [0.05, 0.1) is 5.56 Å². The second-order valence-corrected chi connectivity index (χ2v) is 4.56. The van der Waals surface area contributed by atoms with Crippen LogP contribution in [0.15, 0.2) is 6.33 Å². The van der Waals surface area contributed by atoms with Crippen LogP contribution < -0.4 is 11.1 Å². The average molecular weight is 247 g/mol. The summed E-state index contributed by atoms with van der Waals surface area (Å²) in [5.74, 6) is 1.22. The van der Waals surface area contributed by atoms with Crippen molar-refractivity contribution in [2.75, 3.05) is 11.1 Å². The van der Waals surface area contributed by atoms with Crippen molar-refractivity contribution in [3.63, 3.8) is 0 Å². The summed E-state index contributed by atoms with van der Waals surface area (Å²) in [6, 6.07) is 0.218. The van der Waals surface area contributed by atoms with E-state index in [-0.39, 0.29) is 6.04 Å². The van der Waals surface area contributed by atoms with Crippen LogP contribution in [-0.2, 0) is 4.79 Å². The molecule has 4 N–H and O–H groups in total. The third kappa shape index (κ3) is 2.64. The summed E-state index contributed by atoms with van der Waals surface area (Å²) < 4.78 is 0. The van der Waals surface area contributed by atoms with Gasteiger partial charge in [-0.05, 0) is 19.8 Å². The summed E-state index contributed by atoms with van der Waals surface area (Å²) in [5, 5.41) is 11.0. The highest BCUT2D eigenvalue weighted by Crippen LogP contribution is 2.23. The average Bonchev–Trinajstić information content (AvgIpc) is 2.32. The topological polar surface area (TPSA) is 105 Å². The Bertz CT molecular complexity index is 475. The fraction of sp³-hybridized carbons (Fsp3) is 0.500. The highest BCUT2D eigenvalue weighted by molar-refractivity contribution is 6.04. The van der Waals surface area contributed by atoms with Gasteiger partial charge in [-0.25, -0.2) is 9.97 Å². The number of nitrogens with zero attached hydrogens (tertiary/aromatic N) is 2. The summed E-state index contributed by atoms with van der Waals surface area (Å²) in [6.07, 6.45) is 4.21. The largest absolute Gasteiger partial charge is 0.383 e. The molecule has 0 atom stereocenters. The monoisotopic (exact) mass is 247 g/mol. The molecule has 1 aromatic rings. The molecule has 1 aromatic heterocycles. The number of hydrogen-bond acceptors (Lipinski definition) is 6. The maximum Gasteiger partial charge on any atom is 0.140 e. The number of carbonyl (C=O) groups is 1. The van der Waals surface area contributed by atoms with Gasteiger partial charge in [-0.15, -0.1) is 0 Å². The van der Waals surface area contributed by atoms with Crippen molar-refractivity contribution in [2.45, 2.75) is 38.6 Å². The van der Waals surface area contributed by atoms with Gasteiger partial charge in [0.1, 0.15) is 23.7 Å². The highest BCUT2D eigenvalue weighted by Gasteiger charge is 2.21. The molecule has 1 aliphatic rings. The van der Waals surface area contributed by atoms with E-state index in [1.54, 1.807) is 6.92 Å². The van der Waals surface area contributed by atoms with E-state index in [1.165, 1.54) is 6.33 Å². The van der Waals surface area contributed by atoms with Crippen LogP contribution in [0.2, 0.25) is 0 Å². The molecular weight excluding hydrogens is 230 g/mol. The Balaban J connectivity index is 2.16. The standard InChI is InChI=1S/C12H17N5O/c1-7(13)10-11(14)15-6-16-12(10)17-8-2-4-9(18)5-3-8/h6,8,13H,2-5H2,1H3,(H3,14,15,16,17). The lowest BCUT2D eigenvalue weighted by atomic mass is 9.94. The minimum absolute atomic E-state index is 0.218. The Morgan fingerprint density at radius 2 is 2.11 bits per heavy atom. The summed E-state index contributed by atoms with van der Waals surface area (Å²) in [4.78, 5) is 19.2. The number of ketones is 1. The van der Waals surface area contributed by atoms with Crippen molar-refractivity contribution >= 4 is 23.1 Å². The third-order valence-corrected chi connectivity index (χ3v) is 3.14. The maximum absolute atomic E-state index is 11.2. The summed E-state index contributed by atoms with van der Waals surface area (Å²) >= 11 is 0. The fourth-order valence-corrected chi connectivity index (χ4v) is 2.16. The number of hydrogen-bond donors (Lipinski definition) is 3. The first-order valence-electron chi connectivity index (χ1n) is 6.02. The van der Waals surface area contributed by atoms with E-state index in [1.807, 2.05) is 0 Å². The Morgan fingerprint density at radius 1 is 1.44 bits per heavy atom. The molecule has 0 spiro atoms. The van der Waals surface area contributed by atoms with Gasteiger partial charge in [0.25, 0.3) is 0 Å². The molecule has 1 fully saturated rings. The van der Waals surface area contributed by atoms with Crippen LogP contribution >= 0.6 is 0 Å². The summed E-state index contributed by atoms with van der Waals surface area (Å²) in [7, 11) is 0. The van der Waals surface area contributed by atoms with Crippen LogP contribution in [-0.4, -0.2) is 27.5 Å². The van der Waals surface area contributed by atoms with Gasteiger partial charge in [-0.2, -0.15) is 0 Å². The summed E-state index contributed by atoms with van der Waals surface area (Å²) in [6.45, 7) is 1.66. The molecule has 6 heteroatoms. The number of nitrogens with one attached hydrogen (secondary N) is 2. The number of rotatable bonds is 3. The zero-order valence-electron chi connectivity index (χ0n) is 10.4. The number of anilines is 2. The Labute approximate surface area is 106 Å². The number of nitrogen functional groups attached to an aromatic ring is 1. The molecule has 6 nitrogen and oxygen atoms in total. The van der Waals surface area contributed by atoms with Crippen molar-refractivity contribution in [3.05, 3.63) is 11.9 Å². The lowest BCUT2D eigenvalue weighted by Crippen LogP contribution is -2.27. The molecule has 0 aromatic carbocycles. The normalized spacial score (nSPS) is 16.6. The van der Waals surface area contributed by atoms with Crippen molar-refractivity contribution in [1.82, 2.24) is 9.97 Å². The smallest absolute Gasteiger partial charge is 0.140 e. The van der Waals surface area contributed by atoms with Crippen LogP contribution in [0.3, 0.4) is 0 Å². The maximum atomic E-state index is 11.2. The molecule has 0 bridgehead atoms. The first-order chi connectivity index (χ1) is 8.58. The van der Waals surface area contributed by atoms with Crippen LogP contribution in [0.5, 0.6) is 0 Å². The van der Waals surface area contributed by atoms with E-state index in [9.17, 15) is 4.79 Å². The second kappa shape index (κ2) is 5.12. The van der Waals surface area contributed by atoms with Crippen molar-refractivity contribution in [2.24, 2.45) is 0 Å². The highest BCUT2D eigenvalue weighted by atomic mass is 16.1. The number of nitrogens with two attached hydrogens (primary N) is 1. The van der Waals surface area contributed by atoms with Gasteiger partial charge in [0.15, 0.2) is 0 Å². The molecule has 1 aliphatic carbocycles. The van der Waals surface area contributed by atoms with Crippen molar-refractivity contribution in [3.8, 4) is 0 Å². The van der Waals surface area contributed by atoms with E-state index < -0.39 is 0 Å². The molecule has 96 valence electrons. The molecule has 0 unspecified atom stereocenters. The molecule has 18 heavy (non-hydrogen) atoms. The van der Waals surface area contributed by atoms with Crippen molar-refractivity contribution < 1.29 is 4.79 Å². The zero-order valence-corrected chi connectivity index (χ0v) is 10.4. The van der Waals surface area contributed by atoms with E-state index in [0.717, 1.165) is 12.8 Å². The molecule has 1 heterocycles. The van der Waals surface area contributed by atoms with Crippen LogP contribution in [0.1, 0.15) is 38.2 Å². The van der Waals surface area contributed by atoms with Gasteiger partial charge < -0.3 is 16.5 Å². The third-order valence-electron chi connectivity index (χ3n) is 3.14. The Kier molecular flexibility index (Phi) is 3.55.